The van der Waals surface area contributed by atoms with Crippen molar-refractivity contribution in [3.05, 3.63) is 0 Å². The molecule has 1 N–H and O–H groups in total. The summed E-state index contributed by atoms with van der Waals surface area (Å²) in [4.78, 5) is 9.00. The van der Waals surface area contributed by atoms with Crippen molar-refractivity contribution in [2.75, 3.05) is 0 Å². The van der Waals surface area contributed by atoms with Gasteiger partial charge in [0, 0.05) is 19.1 Å². The molecule has 0 aromatic rings. The van der Waals surface area contributed by atoms with Gasteiger partial charge in [0.15, 0.2) is 0 Å². The lowest BCUT2D eigenvalue weighted by molar-refractivity contribution is -0.134. The molecule has 0 spiro atoms. The number of hydrogen-bond acceptors (Lipinski definition) is 3. The number of carboxylic acid groups (broad SMARTS) is 1. The summed E-state index contributed by atoms with van der Waals surface area (Å²) in [6.07, 6.45) is 0.621. The first-order valence-electron chi connectivity index (χ1n) is 5.30. The molecule has 0 saturated carbocycles. The van der Waals surface area contributed by atoms with E-state index in [0.717, 1.165) is 12.2 Å². The normalized spacial score (nSPS) is 9.87. The monoisotopic (exact) mass is 234 g/mol. The zero-order valence-corrected chi connectivity index (χ0v) is 11.8. The van der Waals surface area contributed by atoms with Gasteiger partial charge in [0.2, 0.25) is 0 Å². The average molecular weight is 234 g/mol. The number of rotatable bonds is 5. The lowest BCUT2D eigenvalue weighted by atomic mass is 10.5. The Hall–Kier alpha value is -0.0775. The molecule has 0 saturated heterocycles. The first kappa shape index (κ1) is 17.3. The molecule has 0 aliphatic carbocycles. The van der Waals surface area contributed by atoms with Gasteiger partial charge in [-0.3, -0.25) is 4.79 Å². The van der Waals surface area contributed by atoms with Gasteiger partial charge in [0.05, 0.1) is 0 Å². The van der Waals surface area contributed by atoms with Gasteiger partial charge >= 0.3 is 14.8 Å². The highest BCUT2D eigenvalue weighted by molar-refractivity contribution is 6.44. The Morgan fingerprint density at radius 3 is 1.60 bits per heavy atom. The zero-order valence-electron chi connectivity index (χ0n) is 10.6. The molecule has 15 heavy (non-hydrogen) atoms. The third-order valence-corrected chi connectivity index (χ3v) is 3.54. The van der Waals surface area contributed by atoms with Gasteiger partial charge in [0.1, 0.15) is 0 Å². The Kier molecular flexibility index (Phi) is 12.1. The Bertz CT molecular complexity index is 146. The first-order valence-corrected chi connectivity index (χ1v) is 7.05. The maximum Gasteiger partial charge on any atom is 0.674 e. The smallest absolute Gasteiger partial charge is 0.481 e. The fourth-order valence-corrected chi connectivity index (χ4v) is 2.49. The van der Waals surface area contributed by atoms with Crippen LogP contribution in [-0.4, -0.2) is 38.1 Å². The summed E-state index contributed by atoms with van der Waals surface area (Å²) in [5, 5.41) is 8.47. The predicted octanol–water partition coefficient (Wildman–Crippen LogP) is 2.44. The van der Waals surface area contributed by atoms with E-state index >= 15 is 0 Å². The van der Waals surface area contributed by atoms with E-state index in [4.69, 9.17) is 17.5 Å². The molecular weight excluding hydrogens is 211 g/mol. The summed E-state index contributed by atoms with van der Waals surface area (Å²) >= 11 is -1.33. The van der Waals surface area contributed by atoms with Crippen LogP contribution in [0.1, 0.15) is 41.5 Å². The van der Waals surface area contributed by atoms with Crippen LogP contribution >= 0.6 is 0 Å². The standard InChI is InChI=1S/2C3H7O.C2H4O2.C2H5.Al/c2*1-3(2)4;1-2(3)4;1-2;/h2*3H,1-2H3;1H3,(H,3,4);1H2,2H3;/q2*-1;;;+2. The van der Waals surface area contributed by atoms with Gasteiger partial charge < -0.3 is 12.7 Å². The van der Waals surface area contributed by atoms with Crippen LogP contribution in [0.15, 0.2) is 0 Å². The highest BCUT2D eigenvalue weighted by atomic mass is 27.2. The molecule has 0 atom stereocenters. The summed E-state index contributed by atoms with van der Waals surface area (Å²) in [5.74, 6) is -0.833. The summed E-state index contributed by atoms with van der Waals surface area (Å²) in [6.45, 7) is 11.4. The topological polar surface area (TPSA) is 55.8 Å². The molecule has 0 aromatic heterocycles. The van der Waals surface area contributed by atoms with Crippen LogP contribution in [-0.2, 0) is 12.4 Å². The van der Waals surface area contributed by atoms with E-state index in [-0.39, 0.29) is 0 Å². The minimum atomic E-state index is -1.33. The molecule has 0 rings (SSSR count). The summed E-state index contributed by atoms with van der Waals surface area (Å²) in [6, 6.07) is 0. The predicted molar refractivity (Wildman–Crippen MR) is 62.0 cm³/mol. The molecule has 0 unspecified atom stereocenters. The largest absolute Gasteiger partial charge is 0.674 e. The van der Waals surface area contributed by atoms with Crippen molar-refractivity contribution in [2.45, 2.75) is 59.0 Å². The number of carbonyl (C=O) groups is 1. The quantitative estimate of drug-likeness (QED) is 0.742. The van der Waals surface area contributed by atoms with Gasteiger partial charge in [-0.2, -0.15) is 0 Å². The maximum absolute atomic E-state index is 9.00. The SMILES string of the molecule is CC(=O)O.C[CH2][Al]([O]C(C)C)[O]C(C)C. The molecule has 0 aromatic carbocycles. The Labute approximate surface area is 97.6 Å². The van der Waals surface area contributed by atoms with Gasteiger partial charge in [-0.1, -0.05) is 6.92 Å². The van der Waals surface area contributed by atoms with Crippen LogP contribution < -0.4 is 0 Å². The molecule has 0 fully saturated rings. The van der Waals surface area contributed by atoms with Crippen molar-refractivity contribution in [3.8, 4) is 0 Å². The van der Waals surface area contributed by atoms with Crippen LogP contribution in [0.25, 0.3) is 0 Å². The van der Waals surface area contributed by atoms with E-state index < -0.39 is 20.8 Å². The van der Waals surface area contributed by atoms with Crippen LogP contribution in [0.4, 0.5) is 0 Å². The molecule has 0 radical (unpaired) electrons. The Balaban J connectivity index is 0. The second kappa shape index (κ2) is 10.4. The van der Waals surface area contributed by atoms with Gasteiger partial charge in [0.25, 0.3) is 5.97 Å². The molecule has 0 bridgehead atoms. The van der Waals surface area contributed by atoms with E-state index in [0.29, 0.717) is 12.2 Å². The molecule has 4 nitrogen and oxygen atoms in total. The second-order valence-corrected chi connectivity index (χ2v) is 5.95. The summed E-state index contributed by atoms with van der Waals surface area (Å²) < 4.78 is 11.3. The molecule has 0 heterocycles. The Morgan fingerprint density at radius 2 is 1.47 bits per heavy atom. The minimum absolute atomic E-state index is 0.311. The zero-order chi connectivity index (χ0) is 12.4. The van der Waals surface area contributed by atoms with E-state index in [9.17, 15) is 0 Å². The van der Waals surface area contributed by atoms with E-state index in [1.165, 1.54) is 0 Å². The highest BCUT2D eigenvalue weighted by Crippen LogP contribution is 2.03. The van der Waals surface area contributed by atoms with Crippen LogP contribution in [0, 0.1) is 0 Å². The van der Waals surface area contributed by atoms with Gasteiger partial charge in [-0.25, -0.2) is 0 Å². The summed E-state index contributed by atoms with van der Waals surface area (Å²) in [5.41, 5.74) is 0. The number of hydrogen-bond donors (Lipinski definition) is 1. The number of aliphatic carboxylic acids is 1. The number of carboxylic acids is 1. The van der Waals surface area contributed by atoms with Crippen molar-refractivity contribution in [3.63, 3.8) is 0 Å². The second-order valence-electron chi connectivity index (χ2n) is 3.73. The molecule has 0 aliphatic rings. The molecule has 90 valence electrons. The molecule has 5 heteroatoms. The van der Waals surface area contributed by atoms with Gasteiger partial charge in [-0.05, 0) is 33.0 Å². The van der Waals surface area contributed by atoms with Crippen LogP contribution in [0.3, 0.4) is 0 Å². The van der Waals surface area contributed by atoms with Crippen LogP contribution in [0.2, 0.25) is 5.28 Å². The minimum Gasteiger partial charge on any atom is -0.481 e. The van der Waals surface area contributed by atoms with E-state index in [1.54, 1.807) is 0 Å². The third kappa shape index (κ3) is 20.1. The lowest BCUT2D eigenvalue weighted by Gasteiger charge is -2.17. The van der Waals surface area contributed by atoms with Crippen molar-refractivity contribution in [2.24, 2.45) is 0 Å². The van der Waals surface area contributed by atoms with Gasteiger partial charge in [-0.15, -0.1) is 0 Å². The summed E-state index contributed by atoms with van der Waals surface area (Å²) in [7, 11) is 0. The fourth-order valence-electron chi connectivity index (χ4n) is 0.832. The van der Waals surface area contributed by atoms with E-state index in [2.05, 4.69) is 34.6 Å². The third-order valence-electron chi connectivity index (χ3n) is 1.18. The van der Waals surface area contributed by atoms with E-state index in [1.807, 2.05) is 0 Å². The molecule has 0 amide bonds. The molecule has 0 aliphatic heterocycles. The van der Waals surface area contributed by atoms with Crippen molar-refractivity contribution >= 4 is 20.8 Å². The first-order chi connectivity index (χ1) is 6.79. The van der Waals surface area contributed by atoms with Crippen molar-refractivity contribution in [1.82, 2.24) is 0 Å². The highest BCUT2D eigenvalue weighted by Gasteiger charge is 2.24. The fraction of sp³-hybridized carbons (Fsp3) is 0.900. The average Bonchev–Trinajstić information content (AvgIpc) is 2.00. The lowest BCUT2D eigenvalue weighted by Crippen LogP contribution is -2.28. The maximum atomic E-state index is 9.00. The van der Waals surface area contributed by atoms with Crippen molar-refractivity contribution in [1.29, 1.82) is 0 Å². The van der Waals surface area contributed by atoms with Crippen LogP contribution in [0.5, 0.6) is 0 Å². The van der Waals surface area contributed by atoms with Crippen molar-refractivity contribution < 1.29 is 17.5 Å². The molecular formula is C10H23AlO4. The Morgan fingerprint density at radius 1 is 1.20 bits per heavy atom.